The molecule has 0 aromatic heterocycles. The van der Waals surface area contributed by atoms with E-state index in [1.807, 2.05) is 11.8 Å². The summed E-state index contributed by atoms with van der Waals surface area (Å²) in [5.74, 6) is 3.20. The average Bonchev–Trinajstić information content (AvgIpc) is 2.46. The zero-order valence-corrected chi connectivity index (χ0v) is 16.6. The molecular formula is C15H23Br2NO2S. The highest BCUT2D eigenvalue weighted by Gasteiger charge is 2.09. The number of thioether (sulfide) groups is 1. The molecule has 1 aromatic carbocycles. The highest BCUT2D eigenvalue weighted by molar-refractivity contribution is 9.11. The molecule has 0 saturated carbocycles. The van der Waals surface area contributed by atoms with Crippen molar-refractivity contribution in [2.75, 3.05) is 38.4 Å². The van der Waals surface area contributed by atoms with Gasteiger partial charge in [-0.15, -0.1) is 0 Å². The van der Waals surface area contributed by atoms with E-state index in [4.69, 9.17) is 9.47 Å². The van der Waals surface area contributed by atoms with E-state index >= 15 is 0 Å². The van der Waals surface area contributed by atoms with Crippen LogP contribution in [0.5, 0.6) is 5.75 Å². The van der Waals surface area contributed by atoms with E-state index < -0.39 is 0 Å². The van der Waals surface area contributed by atoms with Crippen LogP contribution in [0.3, 0.4) is 0 Å². The second-order valence-corrected chi connectivity index (χ2v) is 7.56. The van der Waals surface area contributed by atoms with Gasteiger partial charge in [0.25, 0.3) is 0 Å². The minimum atomic E-state index is 0.722. The van der Waals surface area contributed by atoms with Gasteiger partial charge in [-0.25, -0.2) is 0 Å². The summed E-state index contributed by atoms with van der Waals surface area (Å²) in [6.07, 6.45) is 1.07. The Morgan fingerprint density at radius 3 is 2.52 bits per heavy atom. The van der Waals surface area contributed by atoms with Crippen molar-refractivity contribution in [2.24, 2.45) is 0 Å². The average molecular weight is 441 g/mol. The maximum atomic E-state index is 5.86. The van der Waals surface area contributed by atoms with Gasteiger partial charge in [-0.05, 0) is 67.5 Å². The second-order valence-electron chi connectivity index (χ2n) is 4.46. The molecule has 0 unspecified atom stereocenters. The Balaban J connectivity index is 2.46. The first kappa shape index (κ1) is 19.3. The maximum absolute atomic E-state index is 5.86. The first-order valence-electron chi connectivity index (χ1n) is 7.07. The summed E-state index contributed by atoms with van der Waals surface area (Å²) < 4.78 is 12.9. The van der Waals surface area contributed by atoms with Crippen LogP contribution >= 0.6 is 43.6 Å². The van der Waals surface area contributed by atoms with Crippen LogP contribution in [0, 0.1) is 0 Å². The van der Waals surface area contributed by atoms with Crippen molar-refractivity contribution in [3.63, 3.8) is 0 Å². The molecule has 1 N–H and O–H groups in total. The van der Waals surface area contributed by atoms with Crippen molar-refractivity contribution in [3.8, 4) is 5.75 Å². The van der Waals surface area contributed by atoms with Crippen molar-refractivity contribution < 1.29 is 9.47 Å². The van der Waals surface area contributed by atoms with E-state index in [1.54, 1.807) is 7.11 Å². The Kier molecular flexibility index (Phi) is 10.8. The number of methoxy groups -OCH3 is 1. The highest BCUT2D eigenvalue weighted by Crippen LogP contribution is 2.34. The largest absolute Gasteiger partial charge is 0.491 e. The molecule has 120 valence electrons. The molecule has 0 aliphatic rings. The number of rotatable bonds is 11. The Morgan fingerprint density at radius 1 is 1.19 bits per heavy atom. The SMILES string of the molecule is CCSCCCOc1c(Br)cc(CNCCOC)cc1Br. The molecule has 0 bridgehead atoms. The van der Waals surface area contributed by atoms with Crippen LogP contribution in [0.2, 0.25) is 0 Å². The predicted octanol–water partition coefficient (Wildman–Crippen LogP) is 4.47. The van der Waals surface area contributed by atoms with E-state index in [0.717, 1.165) is 58.9 Å². The van der Waals surface area contributed by atoms with Crippen LogP contribution < -0.4 is 10.1 Å². The van der Waals surface area contributed by atoms with Crippen molar-refractivity contribution in [2.45, 2.75) is 19.9 Å². The fourth-order valence-electron chi connectivity index (χ4n) is 1.74. The van der Waals surface area contributed by atoms with Gasteiger partial charge in [0.05, 0.1) is 22.2 Å². The molecule has 0 aliphatic heterocycles. The molecule has 1 rings (SSSR count). The maximum Gasteiger partial charge on any atom is 0.147 e. The van der Waals surface area contributed by atoms with Gasteiger partial charge < -0.3 is 14.8 Å². The minimum Gasteiger partial charge on any atom is -0.491 e. The first-order chi connectivity index (χ1) is 10.2. The third kappa shape index (κ3) is 7.88. The lowest BCUT2D eigenvalue weighted by Gasteiger charge is -2.12. The number of hydrogen-bond acceptors (Lipinski definition) is 4. The zero-order valence-electron chi connectivity index (χ0n) is 12.6. The monoisotopic (exact) mass is 439 g/mol. The summed E-state index contributed by atoms with van der Waals surface area (Å²) >= 11 is 9.13. The van der Waals surface area contributed by atoms with Crippen LogP contribution in [0.1, 0.15) is 18.9 Å². The number of hydrogen-bond donors (Lipinski definition) is 1. The van der Waals surface area contributed by atoms with Crippen LogP contribution in [0.4, 0.5) is 0 Å². The van der Waals surface area contributed by atoms with Crippen LogP contribution in [0.25, 0.3) is 0 Å². The van der Waals surface area contributed by atoms with Crippen molar-refractivity contribution in [1.82, 2.24) is 5.32 Å². The van der Waals surface area contributed by atoms with Crippen molar-refractivity contribution in [1.29, 1.82) is 0 Å². The Hall–Kier alpha value is 0.250. The molecule has 0 heterocycles. The normalized spacial score (nSPS) is 10.9. The van der Waals surface area contributed by atoms with Crippen molar-refractivity contribution in [3.05, 3.63) is 26.6 Å². The highest BCUT2D eigenvalue weighted by atomic mass is 79.9. The molecule has 1 aromatic rings. The topological polar surface area (TPSA) is 30.5 Å². The van der Waals surface area contributed by atoms with Gasteiger partial charge in [-0.2, -0.15) is 11.8 Å². The number of halogens is 2. The lowest BCUT2D eigenvalue weighted by Crippen LogP contribution is -2.18. The molecule has 21 heavy (non-hydrogen) atoms. The Bertz CT molecular complexity index is 396. The summed E-state index contributed by atoms with van der Waals surface area (Å²) in [5.41, 5.74) is 1.21. The molecule has 3 nitrogen and oxygen atoms in total. The fraction of sp³-hybridized carbons (Fsp3) is 0.600. The number of nitrogens with one attached hydrogen (secondary N) is 1. The van der Waals surface area contributed by atoms with E-state index in [1.165, 1.54) is 5.56 Å². The van der Waals surface area contributed by atoms with Gasteiger partial charge in [0.15, 0.2) is 0 Å². The van der Waals surface area contributed by atoms with Crippen LogP contribution in [-0.2, 0) is 11.3 Å². The standard InChI is InChI=1S/C15H23Br2NO2S/c1-3-21-8-4-6-20-15-13(16)9-12(10-14(15)17)11-18-5-7-19-2/h9-10,18H,3-8,11H2,1-2H3. The molecule has 6 heteroatoms. The van der Waals surface area contributed by atoms with Gasteiger partial charge >= 0.3 is 0 Å². The third-order valence-electron chi connectivity index (χ3n) is 2.75. The van der Waals surface area contributed by atoms with Gasteiger partial charge in [0.2, 0.25) is 0 Å². The van der Waals surface area contributed by atoms with E-state index in [-0.39, 0.29) is 0 Å². The zero-order chi connectivity index (χ0) is 15.5. The van der Waals surface area contributed by atoms with E-state index in [2.05, 4.69) is 56.2 Å². The molecule has 0 saturated heterocycles. The number of ether oxygens (including phenoxy) is 2. The summed E-state index contributed by atoms with van der Waals surface area (Å²) in [6, 6.07) is 4.20. The summed E-state index contributed by atoms with van der Waals surface area (Å²) in [5, 5.41) is 3.33. The van der Waals surface area contributed by atoms with Crippen LogP contribution in [0.15, 0.2) is 21.1 Å². The Morgan fingerprint density at radius 2 is 1.90 bits per heavy atom. The first-order valence-corrected chi connectivity index (χ1v) is 9.81. The lowest BCUT2D eigenvalue weighted by atomic mass is 10.2. The molecular weight excluding hydrogens is 418 g/mol. The van der Waals surface area contributed by atoms with Gasteiger partial charge in [-0.1, -0.05) is 6.92 Å². The molecule has 0 aliphatic carbocycles. The summed E-state index contributed by atoms with van der Waals surface area (Å²) in [7, 11) is 1.71. The lowest BCUT2D eigenvalue weighted by molar-refractivity contribution is 0.199. The number of benzene rings is 1. The fourth-order valence-corrected chi connectivity index (χ4v) is 3.86. The summed E-state index contributed by atoms with van der Waals surface area (Å²) in [6.45, 7) is 5.31. The quantitative estimate of drug-likeness (QED) is 0.514. The Labute approximate surface area is 148 Å². The van der Waals surface area contributed by atoms with Gasteiger partial charge in [-0.3, -0.25) is 0 Å². The molecule has 0 atom stereocenters. The van der Waals surface area contributed by atoms with Gasteiger partial charge in [0, 0.05) is 20.2 Å². The molecule has 0 spiro atoms. The smallest absolute Gasteiger partial charge is 0.147 e. The van der Waals surface area contributed by atoms with E-state index in [0.29, 0.717) is 0 Å². The van der Waals surface area contributed by atoms with Crippen LogP contribution in [-0.4, -0.2) is 38.4 Å². The predicted molar refractivity (Wildman–Crippen MR) is 98.5 cm³/mol. The molecule has 0 fully saturated rings. The molecule has 0 amide bonds. The van der Waals surface area contributed by atoms with Crippen molar-refractivity contribution >= 4 is 43.6 Å². The molecule has 0 radical (unpaired) electrons. The minimum absolute atomic E-state index is 0.722. The van der Waals surface area contributed by atoms with Gasteiger partial charge in [0.1, 0.15) is 5.75 Å². The third-order valence-corrected chi connectivity index (χ3v) is 4.92. The summed E-state index contributed by atoms with van der Waals surface area (Å²) in [4.78, 5) is 0. The second kappa shape index (κ2) is 11.8. The van der Waals surface area contributed by atoms with E-state index in [9.17, 15) is 0 Å².